The van der Waals surface area contributed by atoms with Gasteiger partial charge in [-0.1, -0.05) is 18.2 Å². The minimum atomic E-state index is 0.363. The van der Waals surface area contributed by atoms with Gasteiger partial charge >= 0.3 is 0 Å². The summed E-state index contributed by atoms with van der Waals surface area (Å²) >= 11 is 0. The number of hydrogen-bond donors (Lipinski definition) is 0. The third kappa shape index (κ3) is 1.18. The summed E-state index contributed by atoms with van der Waals surface area (Å²) < 4.78 is 10.6. The first-order valence-electron chi connectivity index (χ1n) is 4.98. The maximum Gasteiger partial charge on any atom is 0.231 e. The Bertz CT molecular complexity index is 374. The van der Waals surface area contributed by atoms with Gasteiger partial charge in [-0.3, -0.25) is 0 Å². The summed E-state index contributed by atoms with van der Waals surface area (Å²) in [4.78, 5) is 0. The van der Waals surface area contributed by atoms with E-state index in [9.17, 15) is 0 Å². The van der Waals surface area contributed by atoms with Crippen LogP contribution in [-0.4, -0.2) is 6.79 Å². The summed E-state index contributed by atoms with van der Waals surface area (Å²) in [5.41, 5.74) is 1.36. The van der Waals surface area contributed by atoms with Crippen molar-refractivity contribution >= 4 is 0 Å². The second-order valence-electron chi connectivity index (χ2n) is 3.75. The van der Waals surface area contributed by atoms with Gasteiger partial charge in [0.15, 0.2) is 11.5 Å². The number of ether oxygens (including phenoxy) is 2. The molecule has 2 heteroatoms. The number of benzene rings is 1. The molecule has 3 rings (SSSR count). The fourth-order valence-electron chi connectivity index (χ4n) is 2.06. The summed E-state index contributed by atoms with van der Waals surface area (Å²) in [7, 11) is 0. The molecule has 0 unspecified atom stereocenters. The molecule has 0 saturated carbocycles. The van der Waals surface area contributed by atoms with Gasteiger partial charge in [-0.25, -0.2) is 0 Å². The average Bonchev–Trinajstić information content (AvgIpc) is 2.88. The summed E-state index contributed by atoms with van der Waals surface area (Å²) in [6, 6.07) is 6.27. The zero-order valence-electron chi connectivity index (χ0n) is 7.90. The van der Waals surface area contributed by atoms with E-state index in [1.54, 1.807) is 0 Å². The standard InChI is InChI=1S/C12H12O2/c1-2-4-9(3-1)10-5-6-11-12(7-10)14-8-13-11/h1-2,5-7,9H,3-4,8H2. The highest BCUT2D eigenvalue weighted by Crippen LogP contribution is 2.37. The molecule has 0 spiro atoms. The zero-order valence-corrected chi connectivity index (χ0v) is 7.90. The van der Waals surface area contributed by atoms with Gasteiger partial charge in [-0.2, -0.15) is 0 Å². The maximum atomic E-state index is 5.36. The Balaban J connectivity index is 1.92. The van der Waals surface area contributed by atoms with Crippen LogP contribution >= 0.6 is 0 Å². The van der Waals surface area contributed by atoms with Crippen LogP contribution in [0.3, 0.4) is 0 Å². The van der Waals surface area contributed by atoms with Crippen molar-refractivity contribution in [2.75, 3.05) is 6.79 Å². The topological polar surface area (TPSA) is 18.5 Å². The molecule has 2 nitrogen and oxygen atoms in total. The van der Waals surface area contributed by atoms with Gasteiger partial charge in [-0.05, 0) is 36.5 Å². The molecular formula is C12H12O2. The molecule has 72 valence electrons. The average molecular weight is 188 g/mol. The Kier molecular flexibility index (Phi) is 1.72. The predicted octanol–water partition coefficient (Wildman–Crippen LogP) is 2.85. The molecule has 1 aliphatic heterocycles. The van der Waals surface area contributed by atoms with Crippen LogP contribution in [0.4, 0.5) is 0 Å². The van der Waals surface area contributed by atoms with Crippen LogP contribution < -0.4 is 9.47 Å². The lowest BCUT2D eigenvalue weighted by Crippen LogP contribution is -1.93. The maximum absolute atomic E-state index is 5.36. The van der Waals surface area contributed by atoms with Crippen molar-refractivity contribution in [1.82, 2.24) is 0 Å². The van der Waals surface area contributed by atoms with E-state index in [2.05, 4.69) is 24.3 Å². The van der Waals surface area contributed by atoms with E-state index < -0.39 is 0 Å². The summed E-state index contributed by atoms with van der Waals surface area (Å²) in [5.74, 6) is 2.42. The highest BCUT2D eigenvalue weighted by molar-refractivity contribution is 5.45. The second-order valence-corrected chi connectivity index (χ2v) is 3.75. The molecule has 0 atom stereocenters. The normalized spacial score (nSPS) is 19.1. The van der Waals surface area contributed by atoms with Crippen molar-refractivity contribution in [1.29, 1.82) is 0 Å². The first-order chi connectivity index (χ1) is 6.93. The van der Waals surface area contributed by atoms with Gasteiger partial charge in [0.05, 0.1) is 0 Å². The Morgan fingerprint density at radius 2 is 1.79 bits per heavy atom. The van der Waals surface area contributed by atoms with E-state index >= 15 is 0 Å². The van der Waals surface area contributed by atoms with Crippen LogP contribution in [0.15, 0.2) is 30.4 Å². The van der Waals surface area contributed by atoms with Crippen molar-refractivity contribution in [3.8, 4) is 11.5 Å². The zero-order chi connectivity index (χ0) is 9.38. The molecule has 0 amide bonds. The van der Waals surface area contributed by atoms with E-state index in [1.807, 2.05) is 6.07 Å². The van der Waals surface area contributed by atoms with Crippen LogP contribution in [0.25, 0.3) is 0 Å². The van der Waals surface area contributed by atoms with Crippen LogP contribution in [0.2, 0.25) is 0 Å². The molecule has 14 heavy (non-hydrogen) atoms. The molecule has 1 heterocycles. The van der Waals surface area contributed by atoms with E-state index in [1.165, 1.54) is 5.56 Å². The van der Waals surface area contributed by atoms with Crippen molar-refractivity contribution in [3.05, 3.63) is 35.9 Å². The summed E-state index contributed by atoms with van der Waals surface area (Å²) in [6.07, 6.45) is 6.80. The van der Waals surface area contributed by atoms with E-state index in [0.29, 0.717) is 12.7 Å². The fourth-order valence-corrected chi connectivity index (χ4v) is 2.06. The number of rotatable bonds is 1. The lowest BCUT2D eigenvalue weighted by molar-refractivity contribution is 0.174. The minimum Gasteiger partial charge on any atom is -0.454 e. The summed E-state index contributed by atoms with van der Waals surface area (Å²) in [5, 5.41) is 0. The van der Waals surface area contributed by atoms with Crippen molar-refractivity contribution < 1.29 is 9.47 Å². The number of fused-ring (bicyclic) bond motifs is 1. The predicted molar refractivity (Wildman–Crippen MR) is 53.7 cm³/mol. The molecule has 1 aliphatic carbocycles. The van der Waals surface area contributed by atoms with Gasteiger partial charge in [-0.15, -0.1) is 0 Å². The molecule has 0 aromatic heterocycles. The minimum absolute atomic E-state index is 0.363. The van der Waals surface area contributed by atoms with Gasteiger partial charge in [0.1, 0.15) is 0 Å². The molecular weight excluding hydrogens is 176 g/mol. The Morgan fingerprint density at radius 1 is 1.00 bits per heavy atom. The Labute approximate surface area is 83.1 Å². The Hall–Kier alpha value is -1.44. The smallest absolute Gasteiger partial charge is 0.231 e. The van der Waals surface area contributed by atoms with Crippen molar-refractivity contribution in [2.24, 2.45) is 0 Å². The molecule has 0 radical (unpaired) electrons. The highest BCUT2D eigenvalue weighted by Gasteiger charge is 2.18. The lowest BCUT2D eigenvalue weighted by Gasteiger charge is -2.09. The monoisotopic (exact) mass is 188 g/mol. The van der Waals surface area contributed by atoms with E-state index in [0.717, 1.165) is 24.3 Å². The highest BCUT2D eigenvalue weighted by atomic mass is 16.7. The first-order valence-corrected chi connectivity index (χ1v) is 4.98. The molecule has 1 aromatic rings. The molecule has 0 bridgehead atoms. The number of allylic oxidation sites excluding steroid dienone is 2. The first kappa shape index (κ1) is 7.92. The van der Waals surface area contributed by atoms with E-state index in [-0.39, 0.29) is 0 Å². The molecule has 0 saturated heterocycles. The third-order valence-electron chi connectivity index (χ3n) is 2.88. The second kappa shape index (κ2) is 3.05. The van der Waals surface area contributed by atoms with Crippen molar-refractivity contribution in [2.45, 2.75) is 18.8 Å². The largest absolute Gasteiger partial charge is 0.454 e. The SMILES string of the molecule is C1=CCC(c2ccc3c(c2)OCO3)C1. The van der Waals surface area contributed by atoms with Gasteiger partial charge in [0.2, 0.25) is 6.79 Å². The molecule has 0 N–H and O–H groups in total. The fraction of sp³-hybridized carbons (Fsp3) is 0.333. The molecule has 1 aromatic carbocycles. The number of hydrogen-bond acceptors (Lipinski definition) is 2. The van der Waals surface area contributed by atoms with Crippen LogP contribution in [0.1, 0.15) is 24.3 Å². The quantitative estimate of drug-likeness (QED) is 0.631. The van der Waals surface area contributed by atoms with Gasteiger partial charge < -0.3 is 9.47 Å². The Morgan fingerprint density at radius 3 is 2.64 bits per heavy atom. The van der Waals surface area contributed by atoms with Gasteiger partial charge in [0.25, 0.3) is 0 Å². The van der Waals surface area contributed by atoms with E-state index in [4.69, 9.17) is 9.47 Å². The van der Waals surface area contributed by atoms with Crippen LogP contribution in [0, 0.1) is 0 Å². The molecule has 2 aliphatic rings. The molecule has 0 fully saturated rings. The third-order valence-corrected chi connectivity index (χ3v) is 2.88. The van der Waals surface area contributed by atoms with Crippen LogP contribution in [-0.2, 0) is 0 Å². The lowest BCUT2D eigenvalue weighted by atomic mass is 9.97. The van der Waals surface area contributed by atoms with Crippen molar-refractivity contribution in [3.63, 3.8) is 0 Å². The van der Waals surface area contributed by atoms with Crippen LogP contribution in [0.5, 0.6) is 11.5 Å². The van der Waals surface area contributed by atoms with Gasteiger partial charge in [0, 0.05) is 0 Å². The summed E-state index contributed by atoms with van der Waals surface area (Å²) in [6.45, 7) is 0.363.